The van der Waals surface area contributed by atoms with Gasteiger partial charge in [0.15, 0.2) is 0 Å². The van der Waals surface area contributed by atoms with Crippen molar-refractivity contribution in [2.45, 2.75) is 0 Å². The van der Waals surface area contributed by atoms with Gasteiger partial charge in [-0.25, -0.2) is 0 Å². The lowest BCUT2D eigenvalue weighted by Crippen LogP contribution is -2.18. The third-order valence-corrected chi connectivity index (χ3v) is 3.65. The summed E-state index contributed by atoms with van der Waals surface area (Å²) < 4.78 is 10.8. The van der Waals surface area contributed by atoms with Gasteiger partial charge in [-0.1, -0.05) is 43.5 Å². The topological polar surface area (TPSA) is 51.8 Å². The summed E-state index contributed by atoms with van der Waals surface area (Å²) >= 11 is 0. The maximum absolute atomic E-state index is 13.0. The molecule has 0 aliphatic heterocycles. The minimum atomic E-state index is -0.179. The molecular weight excluding hydrogens is 290 g/mol. The third kappa shape index (κ3) is 2.44. The van der Waals surface area contributed by atoms with Gasteiger partial charge in [-0.15, -0.1) is 0 Å². The third-order valence-electron chi connectivity index (χ3n) is 3.65. The zero-order chi connectivity index (χ0) is 16.4. The molecule has 114 valence electrons. The lowest BCUT2D eigenvalue weighted by atomic mass is 10.0. The van der Waals surface area contributed by atoms with E-state index in [4.69, 9.17) is 9.15 Å². The molecule has 0 aliphatic carbocycles. The van der Waals surface area contributed by atoms with Crippen LogP contribution in [0.4, 0.5) is 0 Å². The highest BCUT2D eigenvalue weighted by Crippen LogP contribution is 2.23. The fourth-order valence-electron chi connectivity index (χ4n) is 2.54. The van der Waals surface area contributed by atoms with Crippen molar-refractivity contribution < 1.29 is 9.15 Å². The summed E-state index contributed by atoms with van der Waals surface area (Å²) in [5.41, 5.74) is 0.951. The summed E-state index contributed by atoms with van der Waals surface area (Å²) in [6.07, 6.45) is 2.72. The van der Waals surface area contributed by atoms with Crippen LogP contribution in [0.1, 0.15) is 5.56 Å². The first kappa shape index (κ1) is 14.8. The molecule has 0 atom stereocenters. The van der Waals surface area contributed by atoms with Crippen molar-refractivity contribution >= 4 is 27.5 Å². The maximum Gasteiger partial charge on any atom is 0.202 e. The van der Waals surface area contributed by atoms with Crippen LogP contribution >= 0.6 is 0 Å². The van der Waals surface area contributed by atoms with Crippen molar-refractivity contribution in [3.05, 3.63) is 83.6 Å². The number of hydrogen-bond acceptors (Lipinski definition) is 4. The number of hydrogen-bond donors (Lipinski definition) is 0. The smallest absolute Gasteiger partial charge is 0.202 e. The van der Waals surface area contributed by atoms with E-state index in [9.17, 15) is 4.79 Å². The molecule has 1 heterocycles. The van der Waals surface area contributed by atoms with Crippen LogP contribution in [0.3, 0.4) is 0 Å². The van der Waals surface area contributed by atoms with Gasteiger partial charge in [0.05, 0.1) is 18.1 Å². The second kappa shape index (κ2) is 5.93. The van der Waals surface area contributed by atoms with Crippen molar-refractivity contribution in [3.8, 4) is 0 Å². The summed E-state index contributed by atoms with van der Waals surface area (Å²) in [5, 5.41) is 2.32. The zero-order valence-electron chi connectivity index (χ0n) is 12.7. The van der Waals surface area contributed by atoms with Gasteiger partial charge in [0, 0.05) is 6.20 Å². The molecule has 2 aromatic carbocycles. The monoisotopic (exact) mass is 305 g/mol. The first-order valence-electron chi connectivity index (χ1n) is 7.03. The zero-order valence-corrected chi connectivity index (χ0v) is 12.7. The van der Waals surface area contributed by atoms with Crippen molar-refractivity contribution in [1.29, 1.82) is 0 Å². The van der Waals surface area contributed by atoms with Crippen LogP contribution in [0, 0.1) is 0 Å². The molecule has 0 N–H and O–H groups in total. The summed E-state index contributed by atoms with van der Waals surface area (Å²) in [6.45, 7) is 7.34. The Morgan fingerprint density at radius 3 is 2.78 bits per heavy atom. The SMILES string of the molecule is C=CN=C(C(=C)OC)c1coc2ccc3ccccc3c2c1=O. The summed E-state index contributed by atoms with van der Waals surface area (Å²) in [6, 6.07) is 11.4. The van der Waals surface area contributed by atoms with Gasteiger partial charge >= 0.3 is 0 Å². The van der Waals surface area contributed by atoms with E-state index in [2.05, 4.69) is 18.2 Å². The Labute approximate surface area is 133 Å². The van der Waals surface area contributed by atoms with Crippen molar-refractivity contribution in [2.24, 2.45) is 4.99 Å². The number of methoxy groups -OCH3 is 1. The number of benzene rings is 2. The van der Waals surface area contributed by atoms with Gasteiger partial charge in [0.25, 0.3) is 0 Å². The van der Waals surface area contributed by atoms with Gasteiger partial charge in [-0.3, -0.25) is 9.79 Å². The number of allylic oxidation sites excluding steroid dienone is 1. The predicted molar refractivity (Wildman–Crippen MR) is 92.9 cm³/mol. The molecule has 0 spiro atoms. The van der Waals surface area contributed by atoms with E-state index in [1.807, 2.05) is 30.3 Å². The Morgan fingerprint density at radius 2 is 2.04 bits per heavy atom. The Hall–Kier alpha value is -3.14. The van der Waals surface area contributed by atoms with Crippen LogP contribution in [0.2, 0.25) is 0 Å². The molecule has 0 amide bonds. The predicted octanol–water partition coefficient (Wildman–Crippen LogP) is 4.04. The van der Waals surface area contributed by atoms with Gasteiger partial charge in [-0.05, 0) is 16.8 Å². The average Bonchev–Trinajstić information content (AvgIpc) is 2.59. The highest BCUT2D eigenvalue weighted by Gasteiger charge is 2.17. The van der Waals surface area contributed by atoms with E-state index in [1.165, 1.54) is 19.6 Å². The summed E-state index contributed by atoms with van der Waals surface area (Å²) in [4.78, 5) is 17.1. The second-order valence-electron chi connectivity index (χ2n) is 4.93. The Bertz CT molecular complexity index is 1010. The lowest BCUT2D eigenvalue weighted by molar-refractivity contribution is 0.317. The quantitative estimate of drug-likeness (QED) is 0.415. The number of rotatable bonds is 4. The number of nitrogens with zero attached hydrogens (tertiary/aromatic N) is 1. The Kier molecular flexibility index (Phi) is 3.81. The molecular formula is C19H15NO3. The van der Waals surface area contributed by atoms with E-state index < -0.39 is 0 Å². The van der Waals surface area contributed by atoms with Gasteiger partial charge in [0.2, 0.25) is 5.43 Å². The molecule has 0 saturated carbocycles. The standard InChI is InChI=1S/C19H15NO3/c1-4-20-18(12(2)22-3)15-11-23-16-10-9-13-7-5-6-8-14(13)17(16)19(15)21/h4-11H,1-2H2,3H3. The van der Waals surface area contributed by atoms with Crippen molar-refractivity contribution in [1.82, 2.24) is 0 Å². The normalized spacial score (nSPS) is 11.6. The van der Waals surface area contributed by atoms with Crippen LogP contribution in [0.5, 0.6) is 0 Å². The van der Waals surface area contributed by atoms with Crippen molar-refractivity contribution in [2.75, 3.05) is 7.11 Å². The first-order chi connectivity index (χ1) is 11.2. The number of ether oxygens (including phenoxy) is 1. The highest BCUT2D eigenvalue weighted by atomic mass is 16.5. The molecule has 0 saturated heterocycles. The summed E-state index contributed by atoms with van der Waals surface area (Å²) in [7, 11) is 1.47. The van der Waals surface area contributed by atoms with Crippen LogP contribution in [0.25, 0.3) is 21.7 Å². The molecule has 0 unspecified atom stereocenters. The Morgan fingerprint density at radius 1 is 1.26 bits per heavy atom. The molecule has 23 heavy (non-hydrogen) atoms. The molecule has 0 aliphatic rings. The second-order valence-corrected chi connectivity index (χ2v) is 4.93. The maximum atomic E-state index is 13.0. The average molecular weight is 305 g/mol. The van der Waals surface area contributed by atoms with Crippen molar-refractivity contribution in [3.63, 3.8) is 0 Å². The fourth-order valence-corrected chi connectivity index (χ4v) is 2.54. The van der Waals surface area contributed by atoms with E-state index in [1.54, 1.807) is 6.07 Å². The highest BCUT2D eigenvalue weighted by molar-refractivity contribution is 6.14. The van der Waals surface area contributed by atoms with E-state index >= 15 is 0 Å². The molecule has 0 bridgehead atoms. The van der Waals surface area contributed by atoms with Crippen LogP contribution in [-0.2, 0) is 4.74 Å². The van der Waals surface area contributed by atoms with E-state index in [-0.39, 0.29) is 11.2 Å². The fraction of sp³-hybridized carbons (Fsp3) is 0.0526. The molecule has 3 rings (SSSR count). The number of fused-ring (bicyclic) bond motifs is 3. The molecule has 1 aromatic heterocycles. The van der Waals surface area contributed by atoms with Gasteiger partial charge < -0.3 is 9.15 Å². The molecule has 3 aromatic rings. The first-order valence-corrected chi connectivity index (χ1v) is 7.03. The number of aliphatic imine (C=N–C) groups is 1. The largest absolute Gasteiger partial charge is 0.495 e. The minimum Gasteiger partial charge on any atom is -0.495 e. The molecule has 0 fully saturated rings. The molecule has 4 nitrogen and oxygen atoms in total. The summed E-state index contributed by atoms with van der Waals surface area (Å²) in [5.74, 6) is 0.275. The van der Waals surface area contributed by atoms with Crippen LogP contribution < -0.4 is 5.43 Å². The van der Waals surface area contributed by atoms with Crippen LogP contribution in [-0.4, -0.2) is 12.8 Å². The van der Waals surface area contributed by atoms with Gasteiger partial charge in [0.1, 0.15) is 23.3 Å². The van der Waals surface area contributed by atoms with E-state index in [0.29, 0.717) is 22.2 Å². The van der Waals surface area contributed by atoms with Gasteiger partial charge in [-0.2, -0.15) is 0 Å². The van der Waals surface area contributed by atoms with Crippen LogP contribution in [0.15, 0.2) is 82.0 Å². The lowest BCUT2D eigenvalue weighted by Gasteiger charge is -2.09. The molecule has 4 heteroatoms. The minimum absolute atomic E-state index is 0.179. The molecule has 0 radical (unpaired) electrons. The Balaban J connectivity index is 2.40. The van der Waals surface area contributed by atoms with E-state index in [0.717, 1.165) is 10.8 Å².